The summed E-state index contributed by atoms with van der Waals surface area (Å²) in [6.07, 6.45) is 1.97. The normalized spacial score (nSPS) is 13.3. The van der Waals surface area contributed by atoms with Crippen LogP contribution in [-0.2, 0) is 6.42 Å². The third-order valence-electron chi connectivity index (χ3n) is 5.12. The van der Waals surface area contributed by atoms with Crippen LogP contribution < -0.4 is 0 Å². The predicted molar refractivity (Wildman–Crippen MR) is 105 cm³/mol. The molecule has 0 bridgehead atoms. The Balaban J connectivity index is 1.56. The summed E-state index contributed by atoms with van der Waals surface area (Å²) in [5, 5.41) is 7.51. The van der Waals surface area contributed by atoms with Crippen molar-refractivity contribution >= 4 is 22.8 Å². The number of imide groups is 1. The van der Waals surface area contributed by atoms with Crippen LogP contribution >= 0.6 is 0 Å². The average molecular weight is 386 g/mol. The Morgan fingerprint density at radius 3 is 2.48 bits per heavy atom. The topological polar surface area (TPSA) is 79.0 Å². The number of nitrogens with one attached hydrogen (secondary N) is 1. The van der Waals surface area contributed by atoms with Crippen molar-refractivity contribution in [1.29, 1.82) is 0 Å². The second kappa shape index (κ2) is 6.63. The number of aromatic nitrogens is 3. The minimum absolute atomic E-state index is 0.264. The summed E-state index contributed by atoms with van der Waals surface area (Å²) < 4.78 is 13.3. The van der Waals surface area contributed by atoms with E-state index in [0.717, 1.165) is 5.56 Å². The van der Waals surface area contributed by atoms with Crippen molar-refractivity contribution in [3.8, 4) is 11.3 Å². The third-order valence-corrected chi connectivity index (χ3v) is 5.12. The second-order valence-electron chi connectivity index (χ2n) is 6.85. The van der Waals surface area contributed by atoms with E-state index in [1.807, 2.05) is 30.3 Å². The molecular formula is C22H15FN4O2. The van der Waals surface area contributed by atoms with Gasteiger partial charge in [0.15, 0.2) is 5.65 Å². The standard InChI is InChI=1S/C22H15FN4O2/c23-15-8-6-14(7-9-15)19-18-17-16(12-24-20(18)26-25-19)21(28)27(22(17)29)11-10-13-4-2-1-3-5-13/h1-9,12H,10-11H2,(H,24,25,26). The van der Waals surface area contributed by atoms with Gasteiger partial charge in [-0.3, -0.25) is 19.6 Å². The Morgan fingerprint density at radius 2 is 1.72 bits per heavy atom. The Labute approximate surface area is 165 Å². The minimum atomic E-state index is -0.363. The van der Waals surface area contributed by atoms with Crippen LogP contribution in [0.4, 0.5) is 4.39 Å². The molecule has 142 valence electrons. The van der Waals surface area contributed by atoms with Crippen LogP contribution in [0.25, 0.3) is 22.3 Å². The van der Waals surface area contributed by atoms with Gasteiger partial charge in [0, 0.05) is 18.3 Å². The molecule has 6 nitrogen and oxygen atoms in total. The lowest BCUT2D eigenvalue weighted by Crippen LogP contribution is -2.31. The van der Waals surface area contributed by atoms with Crippen LogP contribution in [0.1, 0.15) is 26.3 Å². The van der Waals surface area contributed by atoms with E-state index >= 15 is 0 Å². The van der Waals surface area contributed by atoms with E-state index in [1.165, 1.54) is 23.2 Å². The first-order valence-electron chi connectivity index (χ1n) is 9.16. The zero-order chi connectivity index (χ0) is 20.0. The van der Waals surface area contributed by atoms with Crippen LogP contribution in [0, 0.1) is 5.82 Å². The van der Waals surface area contributed by atoms with Gasteiger partial charge < -0.3 is 0 Å². The van der Waals surface area contributed by atoms with Crippen LogP contribution in [0.15, 0.2) is 60.8 Å². The number of pyridine rings is 1. The van der Waals surface area contributed by atoms with Gasteiger partial charge in [-0.2, -0.15) is 5.10 Å². The van der Waals surface area contributed by atoms with E-state index in [2.05, 4.69) is 15.2 Å². The molecule has 0 fully saturated rings. The number of nitrogens with zero attached hydrogens (tertiary/aromatic N) is 3. The molecule has 1 aliphatic heterocycles. The molecule has 2 amide bonds. The van der Waals surface area contributed by atoms with Crippen molar-refractivity contribution in [3.63, 3.8) is 0 Å². The number of carbonyl (C=O) groups excluding carboxylic acids is 2. The first-order chi connectivity index (χ1) is 14.1. The van der Waals surface area contributed by atoms with Gasteiger partial charge >= 0.3 is 0 Å². The van der Waals surface area contributed by atoms with Gasteiger partial charge in [0.1, 0.15) is 5.82 Å². The third kappa shape index (κ3) is 2.79. The number of fused-ring (bicyclic) bond motifs is 3. The van der Waals surface area contributed by atoms with Crippen molar-refractivity contribution < 1.29 is 14.0 Å². The molecule has 3 heterocycles. The molecule has 0 saturated heterocycles. The summed E-state index contributed by atoms with van der Waals surface area (Å²) in [5.74, 6) is -1.08. The number of hydrogen-bond donors (Lipinski definition) is 1. The summed E-state index contributed by atoms with van der Waals surface area (Å²) in [4.78, 5) is 31.5. The van der Waals surface area contributed by atoms with E-state index in [-0.39, 0.29) is 29.7 Å². The molecular weight excluding hydrogens is 371 g/mol. The lowest BCUT2D eigenvalue weighted by atomic mass is 10.0. The molecule has 0 unspecified atom stereocenters. The molecule has 1 N–H and O–H groups in total. The maximum absolute atomic E-state index is 13.3. The number of halogens is 1. The lowest BCUT2D eigenvalue weighted by Gasteiger charge is -2.13. The molecule has 0 saturated carbocycles. The summed E-state index contributed by atoms with van der Waals surface area (Å²) >= 11 is 0. The maximum atomic E-state index is 13.3. The zero-order valence-electron chi connectivity index (χ0n) is 15.2. The molecule has 0 spiro atoms. The smallest absolute Gasteiger partial charge is 0.263 e. The van der Waals surface area contributed by atoms with E-state index in [0.29, 0.717) is 34.3 Å². The number of amides is 2. The highest BCUT2D eigenvalue weighted by atomic mass is 19.1. The lowest BCUT2D eigenvalue weighted by molar-refractivity contribution is 0.0656. The van der Waals surface area contributed by atoms with Crippen molar-refractivity contribution in [3.05, 3.63) is 83.3 Å². The Bertz CT molecular complexity index is 1250. The largest absolute Gasteiger partial charge is 0.275 e. The average Bonchev–Trinajstić information content (AvgIpc) is 3.27. The fraction of sp³-hybridized carbons (Fsp3) is 0.0909. The SMILES string of the molecule is O=C1c2cnc3n[nH]c(-c4ccc(F)cc4)c3c2C(=O)N1CCc1ccccc1. The molecule has 0 radical (unpaired) electrons. The summed E-state index contributed by atoms with van der Waals surface area (Å²) in [5.41, 5.74) is 3.14. The van der Waals surface area contributed by atoms with Crippen LogP contribution in [-0.4, -0.2) is 38.4 Å². The molecule has 0 atom stereocenters. The van der Waals surface area contributed by atoms with E-state index < -0.39 is 0 Å². The number of hydrogen-bond acceptors (Lipinski definition) is 4. The quantitative estimate of drug-likeness (QED) is 0.544. The summed E-state index contributed by atoms with van der Waals surface area (Å²) in [6, 6.07) is 15.5. The fourth-order valence-electron chi connectivity index (χ4n) is 3.66. The number of rotatable bonds is 4. The van der Waals surface area contributed by atoms with Crippen molar-refractivity contribution in [1.82, 2.24) is 20.1 Å². The van der Waals surface area contributed by atoms with E-state index in [4.69, 9.17) is 0 Å². The van der Waals surface area contributed by atoms with Crippen molar-refractivity contribution in [2.24, 2.45) is 0 Å². The van der Waals surface area contributed by atoms with Gasteiger partial charge in [0.05, 0.1) is 22.2 Å². The van der Waals surface area contributed by atoms with Gasteiger partial charge in [-0.25, -0.2) is 9.37 Å². The van der Waals surface area contributed by atoms with Crippen LogP contribution in [0.2, 0.25) is 0 Å². The number of benzene rings is 2. The van der Waals surface area contributed by atoms with Gasteiger partial charge in [-0.15, -0.1) is 0 Å². The molecule has 4 aromatic rings. The first kappa shape index (κ1) is 17.2. The Kier molecular flexibility index (Phi) is 3.94. The monoisotopic (exact) mass is 386 g/mol. The van der Waals surface area contributed by atoms with Gasteiger partial charge in [-0.05, 0) is 36.2 Å². The Morgan fingerprint density at radius 1 is 0.966 bits per heavy atom. The fourth-order valence-corrected chi connectivity index (χ4v) is 3.66. The second-order valence-corrected chi connectivity index (χ2v) is 6.85. The first-order valence-corrected chi connectivity index (χ1v) is 9.16. The maximum Gasteiger partial charge on any atom is 0.263 e. The van der Waals surface area contributed by atoms with Crippen LogP contribution in [0.5, 0.6) is 0 Å². The van der Waals surface area contributed by atoms with Gasteiger partial charge in [-0.1, -0.05) is 30.3 Å². The molecule has 5 rings (SSSR count). The number of carbonyl (C=O) groups is 2. The van der Waals surface area contributed by atoms with Gasteiger partial charge in [0.2, 0.25) is 0 Å². The highest BCUT2D eigenvalue weighted by Crippen LogP contribution is 2.34. The molecule has 1 aliphatic rings. The predicted octanol–water partition coefficient (Wildman–Crippen LogP) is 3.60. The summed E-state index contributed by atoms with van der Waals surface area (Å²) in [6.45, 7) is 0.279. The molecule has 0 aliphatic carbocycles. The molecule has 2 aromatic carbocycles. The number of H-pyrrole nitrogens is 1. The van der Waals surface area contributed by atoms with Gasteiger partial charge in [0.25, 0.3) is 11.8 Å². The minimum Gasteiger partial charge on any atom is -0.275 e. The Hall–Kier alpha value is -3.87. The molecule has 7 heteroatoms. The van der Waals surface area contributed by atoms with Crippen molar-refractivity contribution in [2.45, 2.75) is 6.42 Å². The number of aromatic amines is 1. The molecule has 29 heavy (non-hydrogen) atoms. The highest BCUT2D eigenvalue weighted by Gasteiger charge is 2.38. The van der Waals surface area contributed by atoms with E-state index in [1.54, 1.807) is 12.1 Å². The highest BCUT2D eigenvalue weighted by molar-refractivity contribution is 6.27. The van der Waals surface area contributed by atoms with E-state index in [9.17, 15) is 14.0 Å². The molecule has 2 aromatic heterocycles. The summed E-state index contributed by atoms with van der Waals surface area (Å²) in [7, 11) is 0. The zero-order valence-corrected chi connectivity index (χ0v) is 15.2. The van der Waals surface area contributed by atoms with Crippen molar-refractivity contribution in [2.75, 3.05) is 6.54 Å². The van der Waals surface area contributed by atoms with Crippen LogP contribution in [0.3, 0.4) is 0 Å².